The maximum absolute atomic E-state index is 12.1. The Morgan fingerprint density at radius 3 is 1.97 bits per heavy atom. The summed E-state index contributed by atoms with van der Waals surface area (Å²) in [4.78, 5) is 12.1. The van der Waals surface area contributed by atoms with Crippen LogP contribution < -0.4 is 4.74 Å². The summed E-state index contributed by atoms with van der Waals surface area (Å²) >= 11 is 0. The van der Waals surface area contributed by atoms with Crippen LogP contribution in [-0.2, 0) is 22.5 Å². The van der Waals surface area contributed by atoms with Crippen molar-refractivity contribution in [3.8, 4) is 5.75 Å². The molecule has 0 spiro atoms. The summed E-state index contributed by atoms with van der Waals surface area (Å²) in [6.45, 7) is 5.01. The fourth-order valence-electron chi connectivity index (χ4n) is 4.92. The van der Waals surface area contributed by atoms with Crippen LogP contribution in [0.5, 0.6) is 5.75 Å². The van der Waals surface area contributed by atoms with Gasteiger partial charge >= 0.3 is 5.97 Å². The summed E-state index contributed by atoms with van der Waals surface area (Å²) < 4.78 is 12.0. The fourth-order valence-corrected chi connectivity index (χ4v) is 4.92. The second kappa shape index (κ2) is 19.7. The summed E-state index contributed by atoms with van der Waals surface area (Å²) in [7, 11) is 4.49. The van der Waals surface area contributed by atoms with Gasteiger partial charge in [0.15, 0.2) is 0 Å². The van der Waals surface area contributed by atoms with Gasteiger partial charge in [-0.05, 0) is 43.4 Å². The molecule has 0 amide bonds. The van der Waals surface area contributed by atoms with Gasteiger partial charge in [0, 0.05) is 12.0 Å². The molecule has 4 nitrogen and oxygen atoms in total. The third kappa shape index (κ3) is 15.8. The summed E-state index contributed by atoms with van der Waals surface area (Å²) in [5.74, 6) is 0.708. The Kier molecular flexibility index (Phi) is 16.5. The van der Waals surface area contributed by atoms with E-state index in [4.69, 9.17) is 9.47 Å². The molecule has 0 saturated carbocycles. The van der Waals surface area contributed by atoms with Crippen LogP contribution in [0.2, 0.25) is 0 Å². The van der Waals surface area contributed by atoms with Crippen LogP contribution in [-0.4, -0.2) is 44.3 Å². The van der Waals surface area contributed by atoms with E-state index in [1.165, 1.54) is 75.3 Å². The van der Waals surface area contributed by atoms with Gasteiger partial charge in [-0.3, -0.25) is 4.79 Å². The minimum Gasteiger partial charge on any atom is -0.490 e. The molecular weight excluding hydrogens is 470 g/mol. The largest absolute Gasteiger partial charge is 0.490 e. The van der Waals surface area contributed by atoms with Gasteiger partial charge in [0.05, 0.1) is 20.6 Å². The SMILES string of the molecule is CCCCCCCCCCCCc1ccc(OCCOC(=O)CCCC[N+](C)(C)Cc2ccccc2)cc1. The van der Waals surface area contributed by atoms with Gasteiger partial charge in [0.1, 0.15) is 25.5 Å². The summed E-state index contributed by atoms with van der Waals surface area (Å²) in [5.41, 5.74) is 2.72. The molecule has 38 heavy (non-hydrogen) atoms. The minimum absolute atomic E-state index is 0.131. The van der Waals surface area contributed by atoms with Crippen molar-refractivity contribution in [3.63, 3.8) is 0 Å². The first-order chi connectivity index (χ1) is 18.5. The fraction of sp³-hybridized carbons (Fsp3) is 0.618. The van der Waals surface area contributed by atoms with E-state index in [2.05, 4.69) is 63.5 Å². The Bertz CT molecular complexity index is 848. The third-order valence-corrected chi connectivity index (χ3v) is 7.21. The standard InChI is InChI=1S/C34H54NO3/c1-4-5-6-7-8-9-10-11-12-14-19-31-23-25-33(26-24-31)37-28-29-38-34(36)22-17-18-27-35(2,3)30-32-20-15-13-16-21-32/h13,15-16,20-21,23-26H,4-12,14,17-19,22,27-30H2,1-3H3/q+1. The first kappa shape index (κ1) is 31.9. The van der Waals surface area contributed by atoms with E-state index in [1.54, 1.807) is 0 Å². The molecule has 2 aromatic carbocycles. The lowest BCUT2D eigenvalue weighted by Gasteiger charge is -2.30. The number of carbonyl (C=O) groups is 1. The van der Waals surface area contributed by atoms with Crippen LogP contribution >= 0.6 is 0 Å². The van der Waals surface area contributed by atoms with Crippen molar-refractivity contribution in [1.82, 2.24) is 0 Å². The highest BCUT2D eigenvalue weighted by Gasteiger charge is 2.15. The number of hydrogen-bond acceptors (Lipinski definition) is 3. The lowest BCUT2D eigenvalue weighted by molar-refractivity contribution is -0.903. The maximum atomic E-state index is 12.1. The van der Waals surface area contributed by atoms with E-state index < -0.39 is 0 Å². The maximum Gasteiger partial charge on any atom is 0.305 e. The van der Waals surface area contributed by atoms with Gasteiger partial charge < -0.3 is 14.0 Å². The molecule has 0 aliphatic carbocycles. The molecule has 0 bridgehead atoms. The topological polar surface area (TPSA) is 35.5 Å². The predicted molar refractivity (Wildman–Crippen MR) is 159 cm³/mol. The smallest absolute Gasteiger partial charge is 0.305 e. The van der Waals surface area contributed by atoms with E-state index >= 15 is 0 Å². The lowest BCUT2D eigenvalue weighted by Crippen LogP contribution is -2.39. The average molecular weight is 525 g/mol. The van der Waals surface area contributed by atoms with Crippen molar-refractivity contribution in [2.45, 2.75) is 103 Å². The van der Waals surface area contributed by atoms with Gasteiger partial charge in [0.2, 0.25) is 0 Å². The Morgan fingerprint density at radius 2 is 1.32 bits per heavy atom. The minimum atomic E-state index is -0.131. The van der Waals surface area contributed by atoms with Crippen molar-refractivity contribution in [1.29, 1.82) is 0 Å². The number of esters is 1. The third-order valence-electron chi connectivity index (χ3n) is 7.21. The van der Waals surface area contributed by atoms with Crippen LogP contribution in [0, 0.1) is 0 Å². The Morgan fingerprint density at radius 1 is 0.684 bits per heavy atom. The van der Waals surface area contributed by atoms with Crippen LogP contribution in [0.4, 0.5) is 0 Å². The zero-order valence-corrected chi connectivity index (χ0v) is 24.6. The van der Waals surface area contributed by atoms with E-state index in [0.29, 0.717) is 19.6 Å². The van der Waals surface area contributed by atoms with Crippen LogP contribution in [0.25, 0.3) is 0 Å². The lowest BCUT2D eigenvalue weighted by atomic mass is 10.0. The van der Waals surface area contributed by atoms with Crippen LogP contribution in [0.15, 0.2) is 54.6 Å². The molecule has 0 aliphatic heterocycles. The number of ether oxygens (including phenoxy) is 2. The zero-order chi connectivity index (χ0) is 27.3. The molecular formula is C34H54NO3+. The van der Waals surface area contributed by atoms with Gasteiger partial charge in [-0.2, -0.15) is 0 Å². The molecule has 0 N–H and O–H groups in total. The molecule has 0 saturated heterocycles. The quantitative estimate of drug-likeness (QED) is 0.0879. The van der Waals surface area contributed by atoms with Crippen LogP contribution in [0.3, 0.4) is 0 Å². The average Bonchev–Trinajstić information content (AvgIpc) is 2.91. The molecule has 0 aromatic heterocycles. The Balaban J connectivity index is 1.45. The monoisotopic (exact) mass is 524 g/mol. The zero-order valence-electron chi connectivity index (χ0n) is 24.6. The predicted octanol–water partition coefficient (Wildman–Crippen LogP) is 8.52. The number of unbranched alkanes of at least 4 members (excludes halogenated alkanes) is 10. The number of quaternary nitrogens is 1. The molecule has 0 fully saturated rings. The molecule has 0 atom stereocenters. The number of nitrogens with zero attached hydrogens (tertiary/aromatic N) is 1. The first-order valence-corrected chi connectivity index (χ1v) is 15.2. The highest BCUT2D eigenvalue weighted by Crippen LogP contribution is 2.16. The number of carbonyl (C=O) groups excluding carboxylic acids is 1. The second-order valence-corrected chi connectivity index (χ2v) is 11.4. The van der Waals surface area contributed by atoms with Crippen LogP contribution in [0.1, 0.15) is 102 Å². The number of hydrogen-bond donors (Lipinski definition) is 0. The van der Waals surface area contributed by atoms with Gasteiger partial charge in [0.25, 0.3) is 0 Å². The molecule has 0 unspecified atom stereocenters. The van der Waals surface area contributed by atoms with Gasteiger partial charge in [-0.15, -0.1) is 0 Å². The van der Waals surface area contributed by atoms with Gasteiger partial charge in [-0.1, -0.05) is 107 Å². The molecule has 2 aromatic rings. The summed E-state index contributed by atoms with van der Waals surface area (Å²) in [6, 6.07) is 19.0. The number of benzene rings is 2. The van der Waals surface area contributed by atoms with Gasteiger partial charge in [-0.25, -0.2) is 0 Å². The first-order valence-electron chi connectivity index (χ1n) is 15.2. The number of rotatable bonds is 22. The van der Waals surface area contributed by atoms with Crippen molar-refractivity contribution >= 4 is 5.97 Å². The molecule has 212 valence electrons. The molecule has 0 heterocycles. The normalized spacial score (nSPS) is 11.4. The molecule has 0 radical (unpaired) electrons. The van der Waals surface area contributed by atoms with E-state index in [-0.39, 0.29) is 5.97 Å². The van der Waals surface area contributed by atoms with Crippen molar-refractivity contribution in [3.05, 3.63) is 65.7 Å². The molecule has 0 aliphatic rings. The second-order valence-electron chi connectivity index (χ2n) is 11.4. The Labute approximate surface area is 233 Å². The van der Waals surface area contributed by atoms with E-state index in [1.807, 2.05) is 12.1 Å². The Hall–Kier alpha value is -2.33. The molecule has 2 rings (SSSR count). The van der Waals surface area contributed by atoms with Crippen molar-refractivity contribution in [2.75, 3.05) is 33.9 Å². The highest BCUT2D eigenvalue weighted by atomic mass is 16.6. The van der Waals surface area contributed by atoms with E-state index in [0.717, 1.165) is 42.6 Å². The van der Waals surface area contributed by atoms with Crippen molar-refractivity contribution in [2.24, 2.45) is 0 Å². The molecule has 4 heteroatoms. The van der Waals surface area contributed by atoms with Crippen molar-refractivity contribution < 1.29 is 18.8 Å². The highest BCUT2D eigenvalue weighted by molar-refractivity contribution is 5.69. The number of aryl methyl sites for hydroxylation is 1. The summed E-state index contributed by atoms with van der Waals surface area (Å²) in [6.07, 6.45) is 17.2. The van der Waals surface area contributed by atoms with E-state index in [9.17, 15) is 4.79 Å². The summed E-state index contributed by atoms with van der Waals surface area (Å²) in [5, 5.41) is 0.